The maximum absolute atomic E-state index is 13.4. The van der Waals surface area contributed by atoms with Gasteiger partial charge in [-0.15, -0.1) is 0 Å². The van der Waals surface area contributed by atoms with Crippen molar-refractivity contribution < 1.29 is 13.5 Å². The molecule has 0 spiro atoms. The Morgan fingerprint density at radius 2 is 1.89 bits per heavy atom. The van der Waals surface area contributed by atoms with Crippen molar-refractivity contribution in [2.24, 2.45) is 5.73 Å². The molecule has 0 aliphatic carbocycles. The third-order valence-corrected chi connectivity index (χ3v) is 2.98. The molecule has 0 aromatic heterocycles. The van der Waals surface area contributed by atoms with Crippen molar-refractivity contribution in [3.8, 4) is 5.75 Å². The van der Waals surface area contributed by atoms with Gasteiger partial charge in [0, 0.05) is 23.2 Å². The summed E-state index contributed by atoms with van der Waals surface area (Å²) < 4.78 is 31.5. The summed E-state index contributed by atoms with van der Waals surface area (Å²) in [4.78, 5) is 0. The predicted molar refractivity (Wildman–Crippen MR) is 70.0 cm³/mol. The molecule has 2 aromatic carbocycles. The lowest BCUT2D eigenvalue weighted by atomic mass is 10.1. The lowest BCUT2D eigenvalue weighted by Crippen LogP contribution is -2.01. The van der Waals surface area contributed by atoms with Crippen LogP contribution in [-0.4, -0.2) is 0 Å². The molecule has 0 heterocycles. The lowest BCUT2D eigenvalue weighted by Gasteiger charge is -2.09. The Hall–Kier alpha value is -1.65. The maximum Gasteiger partial charge on any atom is 0.165 e. The molecule has 0 bridgehead atoms. The Kier molecular flexibility index (Phi) is 4.35. The molecule has 0 atom stereocenters. The average Bonchev–Trinajstić information content (AvgIpc) is 2.40. The lowest BCUT2D eigenvalue weighted by molar-refractivity contribution is 0.288. The van der Waals surface area contributed by atoms with Gasteiger partial charge in [0.1, 0.15) is 12.4 Å². The molecule has 19 heavy (non-hydrogen) atoms. The normalized spacial score (nSPS) is 10.5. The van der Waals surface area contributed by atoms with Crippen molar-refractivity contribution in [3.05, 3.63) is 64.2 Å². The molecular formula is C14H12ClF2NO. The molecule has 0 saturated carbocycles. The quantitative estimate of drug-likeness (QED) is 0.929. The van der Waals surface area contributed by atoms with E-state index < -0.39 is 11.6 Å². The molecule has 0 radical (unpaired) electrons. The van der Waals surface area contributed by atoms with Crippen LogP contribution in [0.4, 0.5) is 8.78 Å². The van der Waals surface area contributed by atoms with Gasteiger partial charge in [-0.1, -0.05) is 23.7 Å². The molecule has 0 amide bonds. The van der Waals surface area contributed by atoms with Gasteiger partial charge in [0.25, 0.3) is 0 Å². The van der Waals surface area contributed by atoms with Crippen LogP contribution in [0.15, 0.2) is 36.4 Å². The van der Waals surface area contributed by atoms with Crippen LogP contribution in [0, 0.1) is 11.6 Å². The highest BCUT2D eigenvalue weighted by molar-refractivity contribution is 6.31. The van der Waals surface area contributed by atoms with E-state index in [2.05, 4.69) is 0 Å². The first kappa shape index (κ1) is 13.8. The van der Waals surface area contributed by atoms with Crippen molar-refractivity contribution in [2.45, 2.75) is 13.2 Å². The standard InChI is InChI=1S/C14H12ClF2NO/c15-12-5-9(7-18)1-2-10(12)8-19-14-6-11(16)3-4-13(14)17/h1-6H,7-8,18H2. The molecule has 0 unspecified atom stereocenters. The first-order valence-corrected chi connectivity index (χ1v) is 6.03. The van der Waals surface area contributed by atoms with Gasteiger partial charge >= 0.3 is 0 Å². The summed E-state index contributed by atoms with van der Waals surface area (Å²) >= 11 is 6.04. The predicted octanol–water partition coefficient (Wildman–Crippen LogP) is 3.66. The van der Waals surface area contributed by atoms with E-state index in [0.29, 0.717) is 17.1 Å². The number of benzene rings is 2. The largest absolute Gasteiger partial charge is 0.486 e. The molecule has 0 aliphatic heterocycles. The smallest absolute Gasteiger partial charge is 0.165 e. The van der Waals surface area contributed by atoms with Crippen molar-refractivity contribution in [1.82, 2.24) is 0 Å². The van der Waals surface area contributed by atoms with E-state index in [1.54, 1.807) is 12.1 Å². The van der Waals surface area contributed by atoms with Crippen LogP contribution in [0.25, 0.3) is 0 Å². The van der Waals surface area contributed by atoms with Crippen LogP contribution in [0.5, 0.6) is 5.75 Å². The van der Waals surface area contributed by atoms with Crippen LogP contribution in [0.3, 0.4) is 0 Å². The van der Waals surface area contributed by atoms with Gasteiger partial charge in [-0.25, -0.2) is 8.78 Å². The topological polar surface area (TPSA) is 35.2 Å². The van der Waals surface area contributed by atoms with Crippen LogP contribution in [0.2, 0.25) is 5.02 Å². The van der Waals surface area contributed by atoms with E-state index in [9.17, 15) is 8.78 Å². The third kappa shape index (κ3) is 3.43. The van der Waals surface area contributed by atoms with Gasteiger partial charge in [0.2, 0.25) is 0 Å². The minimum absolute atomic E-state index is 0.0596. The molecule has 2 rings (SSSR count). The zero-order valence-electron chi connectivity index (χ0n) is 10.00. The monoisotopic (exact) mass is 283 g/mol. The third-order valence-electron chi connectivity index (χ3n) is 2.63. The van der Waals surface area contributed by atoms with E-state index in [0.717, 1.165) is 23.8 Å². The maximum atomic E-state index is 13.4. The summed E-state index contributed by atoms with van der Waals surface area (Å²) in [6.07, 6.45) is 0. The van der Waals surface area contributed by atoms with Gasteiger partial charge < -0.3 is 10.5 Å². The first-order chi connectivity index (χ1) is 9.10. The summed E-state index contributed by atoms with van der Waals surface area (Å²) in [6, 6.07) is 8.34. The number of hydrogen-bond acceptors (Lipinski definition) is 2. The number of halogens is 3. The highest BCUT2D eigenvalue weighted by atomic mass is 35.5. The molecule has 2 nitrogen and oxygen atoms in total. The highest BCUT2D eigenvalue weighted by Crippen LogP contribution is 2.22. The zero-order valence-corrected chi connectivity index (χ0v) is 10.8. The Morgan fingerprint density at radius 1 is 1.11 bits per heavy atom. The van der Waals surface area contributed by atoms with Gasteiger partial charge in [0.15, 0.2) is 11.6 Å². The summed E-state index contributed by atoms with van der Waals surface area (Å²) in [5, 5.41) is 0.486. The van der Waals surface area contributed by atoms with Gasteiger partial charge in [-0.05, 0) is 23.8 Å². The van der Waals surface area contributed by atoms with Crippen molar-refractivity contribution in [1.29, 1.82) is 0 Å². The van der Waals surface area contributed by atoms with E-state index in [1.807, 2.05) is 6.07 Å². The Balaban J connectivity index is 2.12. The average molecular weight is 284 g/mol. The van der Waals surface area contributed by atoms with Crippen molar-refractivity contribution in [2.75, 3.05) is 0 Å². The molecule has 2 N–H and O–H groups in total. The molecule has 2 aromatic rings. The van der Waals surface area contributed by atoms with E-state index in [4.69, 9.17) is 22.1 Å². The van der Waals surface area contributed by atoms with Crippen LogP contribution >= 0.6 is 11.6 Å². The van der Waals surface area contributed by atoms with Crippen molar-refractivity contribution >= 4 is 11.6 Å². The molecule has 5 heteroatoms. The molecule has 0 saturated heterocycles. The van der Waals surface area contributed by atoms with Crippen LogP contribution < -0.4 is 10.5 Å². The second-order valence-electron chi connectivity index (χ2n) is 3.99. The molecule has 0 fully saturated rings. The minimum Gasteiger partial charge on any atom is -0.486 e. The van der Waals surface area contributed by atoms with E-state index in [-0.39, 0.29) is 12.4 Å². The second-order valence-corrected chi connectivity index (χ2v) is 4.40. The summed E-state index contributed by atoms with van der Waals surface area (Å²) in [5.41, 5.74) is 7.07. The van der Waals surface area contributed by atoms with Crippen LogP contribution in [-0.2, 0) is 13.2 Å². The van der Waals surface area contributed by atoms with E-state index in [1.165, 1.54) is 0 Å². The number of hydrogen-bond donors (Lipinski definition) is 1. The summed E-state index contributed by atoms with van der Waals surface area (Å²) in [6.45, 7) is 0.448. The Morgan fingerprint density at radius 3 is 2.58 bits per heavy atom. The Bertz CT molecular complexity index is 590. The Labute approximate surface area is 114 Å². The van der Waals surface area contributed by atoms with E-state index >= 15 is 0 Å². The molecule has 100 valence electrons. The fourth-order valence-electron chi connectivity index (χ4n) is 1.58. The molecular weight excluding hydrogens is 272 g/mol. The van der Waals surface area contributed by atoms with Gasteiger partial charge in [-0.3, -0.25) is 0 Å². The van der Waals surface area contributed by atoms with Crippen molar-refractivity contribution in [3.63, 3.8) is 0 Å². The minimum atomic E-state index is -0.615. The second kappa shape index (κ2) is 5.99. The van der Waals surface area contributed by atoms with Crippen LogP contribution in [0.1, 0.15) is 11.1 Å². The van der Waals surface area contributed by atoms with Gasteiger partial charge in [0.05, 0.1) is 0 Å². The number of ether oxygens (including phenoxy) is 1. The fourth-order valence-corrected chi connectivity index (χ4v) is 1.84. The number of rotatable bonds is 4. The number of nitrogens with two attached hydrogens (primary N) is 1. The fraction of sp³-hybridized carbons (Fsp3) is 0.143. The van der Waals surface area contributed by atoms with Gasteiger partial charge in [-0.2, -0.15) is 0 Å². The first-order valence-electron chi connectivity index (χ1n) is 5.65. The zero-order chi connectivity index (χ0) is 13.8. The highest BCUT2D eigenvalue weighted by Gasteiger charge is 2.07. The molecule has 0 aliphatic rings. The SMILES string of the molecule is NCc1ccc(COc2cc(F)ccc2F)c(Cl)c1. The summed E-state index contributed by atoms with van der Waals surface area (Å²) in [5.74, 6) is -1.31. The summed E-state index contributed by atoms with van der Waals surface area (Å²) in [7, 11) is 0.